The largest absolute Gasteiger partial charge is 0.324 e. The Labute approximate surface area is 184 Å². The van der Waals surface area contributed by atoms with Crippen molar-refractivity contribution < 1.29 is 4.79 Å². The number of aromatic nitrogens is 4. The van der Waals surface area contributed by atoms with Crippen LogP contribution < -0.4 is 5.32 Å². The fourth-order valence-electron chi connectivity index (χ4n) is 3.75. The van der Waals surface area contributed by atoms with Gasteiger partial charge in [0.1, 0.15) is 10.7 Å². The number of anilines is 1. The number of hydrogen-bond acceptors (Lipinski definition) is 6. The molecule has 0 bridgehead atoms. The quantitative estimate of drug-likeness (QED) is 0.409. The Morgan fingerprint density at radius 3 is 2.97 bits per heavy atom. The molecule has 0 radical (unpaired) electrons. The van der Waals surface area contributed by atoms with E-state index in [-0.39, 0.29) is 11.7 Å². The summed E-state index contributed by atoms with van der Waals surface area (Å²) in [6.07, 6.45) is 4.67. The smallest absolute Gasteiger partial charge is 0.234 e. The second kappa shape index (κ2) is 7.70. The average molecular weight is 488 g/mol. The van der Waals surface area contributed by atoms with Gasteiger partial charge in [0.2, 0.25) is 5.91 Å². The lowest BCUT2D eigenvalue weighted by Gasteiger charge is -2.10. The molecule has 29 heavy (non-hydrogen) atoms. The molecule has 0 saturated carbocycles. The molecule has 0 fully saturated rings. The van der Waals surface area contributed by atoms with E-state index in [2.05, 4.69) is 31.4 Å². The van der Waals surface area contributed by atoms with Gasteiger partial charge in [-0.05, 0) is 66.2 Å². The molecule has 1 aliphatic rings. The van der Waals surface area contributed by atoms with Crippen LogP contribution in [0.15, 0.2) is 33.9 Å². The molecule has 0 saturated heterocycles. The predicted octanol–water partition coefficient (Wildman–Crippen LogP) is 5.02. The van der Waals surface area contributed by atoms with Gasteiger partial charge in [-0.15, -0.1) is 21.5 Å². The van der Waals surface area contributed by atoms with E-state index in [1.54, 1.807) is 11.3 Å². The Balaban J connectivity index is 1.44. The Kier molecular flexibility index (Phi) is 5.05. The van der Waals surface area contributed by atoms with Crippen LogP contribution in [-0.4, -0.2) is 31.2 Å². The minimum absolute atomic E-state index is 0.0850. The number of carbonyl (C=O) groups excluding carboxylic acids is 1. The molecule has 0 unspecified atom stereocenters. The Morgan fingerprint density at radius 1 is 1.28 bits per heavy atom. The van der Waals surface area contributed by atoms with Crippen LogP contribution in [0, 0.1) is 6.92 Å². The fourth-order valence-corrected chi connectivity index (χ4v) is 6.22. The fraction of sp³-hybridized carbons (Fsp3) is 0.300. The molecule has 1 aliphatic carbocycles. The topological polar surface area (TPSA) is 72.2 Å². The summed E-state index contributed by atoms with van der Waals surface area (Å²) in [7, 11) is 0. The number of carbonyl (C=O) groups is 1. The number of para-hydroxylation sites is 1. The number of aryl methyl sites for hydroxylation is 3. The Hall–Kier alpha value is -1.97. The molecular formula is C20H18BrN5OS2. The van der Waals surface area contributed by atoms with Crippen molar-refractivity contribution in [3.8, 4) is 0 Å². The molecule has 3 aromatic heterocycles. The molecule has 3 heterocycles. The number of rotatable bonds is 4. The summed E-state index contributed by atoms with van der Waals surface area (Å²) in [5.41, 5.74) is 3.01. The van der Waals surface area contributed by atoms with E-state index in [9.17, 15) is 4.79 Å². The lowest BCUT2D eigenvalue weighted by molar-refractivity contribution is -0.113. The summed E-state index contributed by atoms with van der Waals surface area (Å²) < 4.78 is 2.84. The number of fused-ring (bicyclic) bond motifs is 5. The van der Waals surface area contributed by atoms with Gasteiger partial charge in [0.15, 0.2) is 10.8 Å². The molecule has 0 atom stereocenters. The third-order valence-electron chi connectivity index (χ3n) is 5.08. The van der Waals surface area contributed by atoms with E-state index in [0.29, 0.717) is 5.16 Å². The van der Waals surface area contributed by atoms with Gasteiger partial charge in [0, 0.05) is 9.35 Å². The van der Waals surface area contributed by atoms with Gasteiger partial charge in [-0.3, -0.25) is 9.20 Å². The molecule has 1 aromatic carbocycles. The average Bonchev–Trinajstić information content (AvgIpc) is 3.29. The van der Waals surface area contributed by atoms with Gasteiger partial charge in [-0.1, -0.05) is 23.9 Å². The zero-order valence-electron chi connectivity index (χ0n) is 15.7. The zero-order valence-corrected chi connectivity index (χ0v) is 19.0. The summed E-state index contributed by atoms with van der Waals surface area (Å²) in [6, 6.07) is 7.57. The third-order valence-corrected chi connectivity index (χ3v) is 7.88. The monoisotopic (exact) mass is 487 g/mol. The van der Waals surface area contributed by atoms with Crippen molar-refractivity contribution in [3.05, 3.63) is 45.0 Å². The Bertz CT molecular complexity index is 1250. The first-order chi connectivity index (χ1) is 14.1. The van der Waals surface area contributed by atoms with E-state index in [0.717, 1.165) is 44.7 Å². The van der Waals surface area contributed by atoms with E-state index < -0.39 is 0 Å². The van der Waals surface area contributed by atoms with Gasteiger partial charge in [-0.2, -0.15) is 0 Å². The Morgan fingerprint density at radius 2 is 2.10 bits per heavy atom. The van der Waals surface area contributed by atoms with Crippen LogP contribution in [0.1, 0.15) is 29.1 Å². The van der Waals surface area contributed by atoms with Crippen molar-refractivity contribution in [3.63, 3.8) is 0 Å². The minimum atomic E-state index is -0.0850. The molecule has 4 aromatic rings. The van der Waals surface area contributed by atoms with Crippen molar-refractivity contribution in [2.24, 2.45) is 0 Å². The highest BCUT2D eigenvalue weighted by Gasteiger charge is 2.22. The maximum Gasteiger partial charge on any atom is 0.234 e. The summed E-state index contributed by atoms with van der Waals surface area (Å²) in [6.45, 7) is 1.97. The van der Waals surface area contributed by atoms with Crippen molar-refractivity contribution >= 4 is 66.5 Å². The first-order valence-corrected chi connectivity index (χ1v) is 12.0. The molecule has 9 heteroatoms. The molecule has 0 spiro atoms. The normalized spacial score (nSPS) is 13.7. The highest BCUT2D eigenvalue weighted by Crippen LogP contribution is 2.38. The van der Waals surface area contributed by atoms with Crippen molar-refractivity contribution in [2.45, 2.75) is 37.8 Å². The number of thiophene rings is 1. The summed E-state index contributed by atoms with van der Waals surface area (Å²) in [5.74, 6) is 1.02. The van der Waals surface area contributed by atoms with Crippen LogP contribution in [0.3, 0.4) is 0 Å². The summed E-state index contributed by atoms with van der Waals surface area (Å²) in [5, 5.41) is 13.6. The summed E-state index contributed by atoms with van der Waals surface area (Å²) in [4.78, 5) is 19.7. The molecule has 148 valence electrons. The van der Waals surface area contributed by atoms with Crippen LogP contribution in [0.5, 0.6) is 0 Å². The van der Waals surface area contributed by atoms with Crippen molar-refractivity contribution in [2.75, 3.05) is 11.1 Å². The number of benzene rings is 1. The number of halogens is 1. The van der Waals surface area contributed by atoms with E-state index in [4.69, 9.17) is 4.98 Å². The predicted molar refractivity (Wildman–Crippen MR) is 121 cm³/mol. The zero-order chi connectivity index (χ0) is 20.0. The van der Waals surface area contributed by atoms with E-state index in [1.165, 1.54) is 35.0 Å². The van der Waals surface area contributed by atoms with Gasteiger partial charge >= 0.3 is 0 Å². The van der Waals surface area contributed by atoms with E-state index in [1.807, 2.05) is 35.6 Å². The lowest BCUT2D eigenvalue weighted by atomic mass is 9.97. The number of amides is 1. The SMILES string of the molecule is Cc1nc2sc3c(c2c2nnc(SCC(=O)Nc4ccccc4Br)n12)CCCC3. The first kappa shape index (κ1) is 19.0. The van der Waals surface area contributed by atoms with Crippen LogP contribution in [0.4, 0.5) is 5.69 Å². The van der Waals surface area contributed by atoms with Crippen LogP contribution >= 0.6 is 39.0 Å². The second-order valence-electron chi connectivity index (χ2n) is 7.01. The van der Waals surface area contributed by atoms with Crippen LogP contribution in [0.2, 0.25) is 0 Å². The number of nitrogens with one attached hydrogen (secondary N) is 1. The van der Waals surface area contributed by atoms with Gasteiger partial charge < -0.3 is 5.32 Å². The molecule has 5 rings (SSSR count). The highest BCUT2D eigenvalue weighted by molar-refractivity contribution is 9.10. The number of hydrogen-bond donors (Lipinski definition) is 1. The maximum atomic E-state index is 12.4. The third kappa shape index (κ3) is 3.45. The minimum Gasteiger partial charge on any atom is -0.324 e. The second-order valence-corrected chi connectivity index (χ2v) is 9.89. The van der Waals surface area contributed by atoms with Gasteiger partial charge in [0.25, 0.3) is 0 Å². The molecule has 1 N–H and O–H groups in total. The van der Waals surface area contributed by atoms with Crippen molar-refractivity contribution in [1.82, 2.24) is 19.6 Å². The lowest BCUT2D eigenvalue weighted by Crippen LogP contribution is -2.14. The standard InChI is InChI=1S/C20H18BrN5OS2/c1-11-22-19-17(12-6-2-5-9-15(12)29-19)18-24-25-20(26(11)18)28-10-16(27)23-14-8-4-3-7-13(14)21/h3-4,7-8H,2,5-6,9-10H2,1H3,(H,23,27). The first-order valence-electron chi connectivity index (χ1n) is 9.45. The number of nitrogens with zero attached hydrogens (tertiary/aromatic N) is 4. The maximum absolute atomic E-state index is 12.4. The van der Waals surface area contributed by atoms with Crippen LogP contribution in [0.25, 0.3) is 15.9 Å². The summed E-state index contributed by atoms with van der Waals surface area (Å²) >= 11 is 6.62. The molecule has 0 aliphatic heterocycles. The van der Waals surface area contributed by atoms with Crippen molar-refractivity contribution in [1.29, 1.82) is 0 Å². The van der Waals surface area contributed by atoms with Gasteiger partial charge in [0.05, 0.1) is 16.8 Å². The van der Waals surface area contributed by atoms with E-state index >= 15 is 0 Å². The molecule has 1 amide bonds. The van der Waals surface area contributed by atoms with Crippen LogP contribution in [-0.2, 0) is 17.6 Å². The highest BCUT2D eigenvalue weighted by atomic mass is 79.9. The van der Waals surface area contributed by atoms with Gasteiger partial charge in [-0.25, -0.2) is 4.98 Å². The number of thioether (sulfide) groups is 1. The molecule has 6 nitrogen and oxygen atoms in total. The molecular weight excluding hydrogens is 470 g/mol.